The fourth-order valence-electron chi connectivity index (χ4n) is 2.52. The summed E-state index contributed by atoms with van der Waals surface area (Å²) < 4.78 is 18.7. The van der Waals surface area contributed by atoms with E-state index in [1.54, 1.807) is 24.1 Å². The lowest BCUT2D eigenvalue weighted by molar-refractivity contribution is -0.137. The van der Waals surface area contributed by atoms with Crippen LogP contribution < -0.4 is 10.1 Å². The van der Waals surface area contributed by atoms with Crippen LogP contribution in [0.1, 0.15) is 6.42 Å². The number of nitrogens with zero attached hydrogens (tertiary/aromatic N) is 2. The molecule has 1 aliphatic rings. The van der Waals surface area contributed by atoms with E-state index in [0.717, 1.165) is 0 Å². The standard InChI is InChI=1S/C16H22FN3O3/c1-18-16(22)13-11-20(9-8-19(13)2)15(21)7-10-23-14-6-4-3-5-12(14)17/h3-6,13H,7-11H2,1-2H3,(H,18,22). The van der Waals surface area contributed by atoms with Crippen molar-refractivity contribution in [1.29, 1.82) is 0 Å². The minimum absolute atomic E-state index is 0.0941. The Hall–Kier alpha value is -2.15. The molecule has 1 aromatic rings. The molecule has 1 aromatic carbocycles. The molecule has 0 aromatic heterocycles. The van der Waals surface area contributed by atoms with E-state index in [4.69, 9.17) is 4.74 Å². The van der Waals surface area contributed by atoms with Gasteiger partial charge in [0.15, 0.2) is 11.6 Å². The maximum absolute atomic E-state index is 13.4. The first-order valence-electron chi connectivity index (χ1n) is 7.60. The molecule has 1 aliphatic heterocycles. The first-order valence-corrected chi connectivity index (χ1v) is 7.60. The van der Waals surface area contributed by atoms with Gasteiger partial charge in [0, 0.05) is 26.7 Å². The number of para-hydroxylation sites is 1. The molecule has 0 bridgehead atoms. The number of piperazine rings is 1. The van der Waals surface area contributed by atoms with Crippen molar-refractivity contribution < 1.29 is 18.7 Å². The predicted molar refractivity (Wildman–Crippen MR) is 83.6 cm³/mol. The lowest BCUT2D eigenvalue weighted by Crippen LogP contribution is -2.58. The van der Waals surface area contributed by atoms with Gasteiger partial charge in [0.1, 0.15) is 6.04 Å². The number of ether oxygens (including phenoxy) is 1. The van der Waals surface area contributed by atoms with Gasteiger partial charge in [0.2, 0.25) is 11.8 Å². The summed E-state index contributed by atoms with van der Waals surface area (Å²) in [6.07, 6.45) is 0.151. The Bertz CT molecular complexity index is 567. The highest BCUT2D eigenvalue weighted by Crippen LogP contribution is 2.16. The Morgan fingerprint density at radius 3 is 2.78 bits per heavy atom. The van der Waals surface area contributed by atoms with Crippen LogP contribution in [0.5, 0.6) is 5.75 Å². The molecule has 1 N–H and O–H groups in total. The van der Waals surface area contributed by atoms with Gasteiger partial charge in [-0.05, 0) is 19.2 Å². The van der Waals surface area contributed by atoms with Crippen molar-refractivity contribution in [2.24, 2.45) is 0 Å². The minimum Gasteiger partial charge on any atom is -0.490 e. The molecule has 1 atom stereocenters. The average molecular weight is 323 g/mol. The molecular formula is C16H22FN3O3. The van der Waals surface area contributed by atoms with Crippen molar-refractivity contribution >= 4 is 11.8 Å². The van der Waals surface area contributed by atoms with Crippen molar-refractivity contribution in [3.63, 3.8) is 0 Å². The van der Waals surface area contributed by atoms with E-state index in [1.165, 1.54) is 12.1 Å². The highest BCUT2D eigenvalue weighted by atomic mass is 19.1. The molecule has 1 unspecified atom stereocenters. The molecule has 6 nitrogen and oxygen atoms in total. The molecule has 7 heteroatoms. The number of benzene rings is 1. The summed E-state index contributed by atoms with van der Waals surface area (Å²) in [6.45, 7) is 1.67. The Kier molecular flexibility index (Phi) is 5.92. The van der Waals surface area contributed by atoms with Crippen LogP contribution in [-0.4, -0.2) is 68.0 Å². The zero-order chi connectivity index (χ0) is 16.8. The highest BCUT2D eigenvalue weighted by molar-refractivity contribution is 5.83. The fourth-order valence-corrected chi connectivity index (χ4v) is 2.52. The fraction of sp³-hybridized carbons (Fsp3) is 0.500. The van der Waals surface area contributed by atoms with Gasteiger partial charge in [-0.15, -0.1) is 0 Å². The maximum Gasteiger partial charge on any atom is 0.238 e. The van der Waals surface area contributed by atoms with Crippen LogP contribution in [0.25, 0.3) is 0 Å². The lowest BCUT2D eigenvalue weighted by atomic mass is 10.1. The minimum atomic E-state index is -0.445. The summed E-state index contributed by atoms with van der Waals surface area (Å²) in [5.74, 6) is -0.503. The van der Waals surface area contributed by atoms with Gasteiger partial charge in [-0.2, -0.15) is 0 Å². The number of carbonyl (C=O) groups excluding carboxylic acids is 2. The molecule has 0 radical (unpaired) electrons. The summed E-state index contributed by atoms with van der Waals surface area (Å²) in [5, 5.41) is 2.61. The Labute approximate surface area is 135 Å². The number of rotatable bonds is 5. The van der Waals surface area contributed by atoms with Crippen molar-refractivity contribution in [3.8, 4) is 5.75 Å². The normalized spacial score (nSPS) is 18.6. The lowest BCUT2D eigenvalue weighted by Gasteiger charge is -2.38. The maximum atomic E-state index is 13.4. The summed E-state index contributed by atoms with van der Waals surface area (Å²) in [5.41, 5.74) is 0. The molecule has 1 fully saturated rings. The first kappa shape index (κ1) is 17.2. The second-order valence-electron chi connectivity index (χ2n) is 5.48. The summed E-state index contributed by atoms with van der Waals surface area (Å²) >= 11 is 0. The number of amides is 2. The number of nitrogens with one attached hydrogen (secondary N) is 1. The largest absolute Gasteiger partial charge is 0.490 e. The zero-order valence-corrected chi connectivity index (χ0v) is 13.4. The van der Waals surface area contributed by atoms with Gasteiger partial charge in [-0.25, -0.2) is 4.39 Å². The molecule has 0 aliphatic carbocycles. The number of hydrogen-bond acceptors (Lipinski definition) is 4. The van der Waals surface area contributed by atoms with E-state index in [2.05, 4.69) is 5.32 Å². The van der Waals surface area contributed by atoms with Gasteiger partial charge >= 0.3 is 0 Å². The molecule has 0 saturated carbocycles. The van der Waals surface area contributed by atoms with Crippen LogP contribution in [0.3, 0.4) is 0 Å². The molecule has 126 valence electrons. The molecule has 1 heterocycles. The highest BCUT2D eigenvalue weighted by Gasteiger charge is 2.31. The third-order valence-electron chi connectivity index (χ3n) is 3.96. The molecule has 2 rings (SSSR count). The van der Waals surface area contributed by atoms with Crippen molar-refractivity contribution in [3.05, 3.63) is 30.1 Å². The Morgan fingerprint density at radius 1 is 1.35 bits per heavy atom. The SMILES string of the molecule is CNC(=O)C1CN(C(=O)CCOc2ccccc2F)CCN1C. The van der Waals surface area contributed by atoms with E-state index >= 15 is 0 Å². The van der Waals surface area contributed by atoms with Crippen LogP contribution >= 0.6 is 0 Å². The van der Waals surface area contributed by atoms with Gasteiger partial charge in [-0.1, -0.05) is 12.1 Å². The van der Waals surface area contributed by atoms with Crippen LogP contribution in [0, 0.1) is 5.82 Å². The van der Waals surface area contributed by atoms with Crippen LogP contribution in [0.15, 0.2) is 24.3 Å². The Balaban J connectivity index is 1.83. The first-order chi connectivity index (χ1) is 11.0. The molecule has 2 amide bonds. The van der Waals surface area contributed by atoms with E-state index in [-0.39, 0.29) is 36.6 Å². The zero-order valence-electron chi connectivity index (χ0n) is 13.4. The van der Waals surface area contributed by atoms with Gasteiger partial charge < -0.3 is 15.0 Å². The molecule has 23 heavy (non-hydrogen) atoms. The average Bonchev–Trinajstić information content (AvgIpc) is 2.56. The second-order valence-corrected chi connectivity index (χ2v) is 5.48. The topological polar surface area (TPSA) is 61.9 Å². The summed E-state index contributed by atoms with van der Waals surface area (Å²) in [4.78, 5) is 27.6. The Morgan fingerprint density at radius 2 is 2.09 bits per heavy atom. The van der Waals surface area contributed by atoms with E-state index in [9.17, 15) is 14.0 Å². The van der Waals surface area contributed by atoms with Crippen LogP contribution in [-0.2, 0) is 9.59 Å². The smallest absolute Gasteiger partial charge is 0.238 e. The molecule has 0 spiro atoms. The molecule has 1 saturated heterocycles. The van der Waals surface area contributed by atoms with E-state index < -0.39 is 5.82 Å². The van der Waals surface area contributed by atoms with Crippen LogP contribution in [0.2, 0.25) is 0 Å². The summed E-state index contributed by atoms with van der Waals surface area (Å²) in [6, 6.07) is 5.75. The predicted octanol–water partition coefficient (Wildman–Crippen LogP) is 0.483. The summed E-state index contributed by atoms with van der Waals surface area (Å²) in [7, 11) is 3.45. The van der Waals surface area contributed by atoms with Gasteiger partial charge in [-0.3, -0.25) is 14.5 Å². The van der Waals surface area contributed by atoms with Crippen molar-refractivity contribution in [2.45, 2.75) is 12.5 Å². The van der Waals surface area contributed by atoms with E-state index in [0.29, 0.717) is 19.6 Å². The number of carbonyl (C=O) groups is 2. The third-order valence-corrected chi connectivity index (χ3v) is 3.96. The monoisotopic (exact) mass is 323 g/mol. The molecular weight excluding hydrogens is 301 g/mol. The quantitative estimate of drug-likeness (QED) is 0.856. The second kappa shape index (κ2) is 7.92. The van der Waals surface area contributed by atoms with E-state index in [1.807, 2.05) is 11.9 Å². The number of likely N-dealkylation sites (N-methyl/N-ethyl adjacent to an activating group) is 2. The van der Waals surface area contributed by atoms with Crippen molar-refractivity contribution in [2.75, 3.05) is 40.3 Å². The van der Waals surface area contributed by atoms with Crippen LogP contribution in [0.4, 0.5) is 4.39 Å². The van der Waals surface area contributed by atoms with Crippen molar-refractivity contribution in [1.82, 2.24) is 15.1 Å². The number of halogens is 1. The van der Waals surface area contributed by atoms with Gasteiger partial charge in [0.05, 0.1) is 13.0 Å². The van der Waals surface area contributed by atoms with Gasteiger partial charge in [0.25, 0.3) is 0 Å². The number of hydrogen-bond donors (Lipinski definition) is 1. The third kappa shape index (κ3) is 4.41.